The van der Waals surface area contributed by atoms with Crippen molar-refractivity contribution in [3.8, 4) is 0 Å². The molecule has 6 nitrogen and oxygen atoms in total. The minimum absolute atomic E-state index is 0.116. The normalized spacial score (nSPS) is 19.8. The summed E-state index contributed by atoms with van der Waals surface area (Å²) in [4.78, 5) is 41.0. The van der Waals surface area contributed by atoms with Crippen LogP contribution in [0, 0.1) is 5.82 Å². The van der Waals surface area contributed by atoms with E-state index in [1.807, 2.05) is 12.1 Å². The SMILES string of the molecule is O=C1NC(=O)N(c2ccc(F)cc2)C(=O)/C1=C/c1cc2c3c(c1)CCCN3CCC2. The number of nitrogens with zero attached hydrogens (tertiary/aromatic N) is 2. The fourth-order valence-electron chi connectivity index (χ4n) is 4.56. The molecule has 0 aromatic heterocycles. The third kappa shape index (κ3) is 3.07. The highest BCUT2D eigenvalue weighted by Crippen LogP contribution is 2.36. The van der Waals surface area contributed by atoms with Crippen molar-refractivity contribution in [1.29, 1.82) is 0 Å². The second-order valence-corrected chi connectivity index (χ2v) is 7.82. The smallest absolute Gasteiger partial charge is 0.335 e. The van der Waals surface area contributed by atoms with Gasteiger partial charge in [-0.2, -0.15) is 0 Å². The molecule has 0 spiro atoms. The van der Waals surface area contributed by atoms with Gasteiger partial charge in [0.25, 0.3) is 11.8 Å². The Morgan fingerprint density at radius 1 is 0.933 bits per heavy atom. The number of barbiturate groups is 1. The number of aryl methyl sites for hydroxylation is 2. The highest BCUT2D eigenvalue weighted by Gasteiger charge is 2.37. The number of rotatable bonds is 2. The van der Waals surface area contributed by atoms with Gasteiger partial charge in [-0.05, 0) is 84.8 Å². The summed E-state index contributed by atoms with van der Waals surface area (Å²) in [5.41, 5.74) is 4.64. The van der Waals surface area contributed by atoms with E-state index < -0.39 is 23.7 Å². The number of hydrogen-bond donors (Lipinski definition) is 1. The maximum atomic E-state index is 13.2. The van der Waals surface area contributed by atoms with Crippen LogP contribution in [-0.4, -0.2) is 30.9 Å². The van der Waals surface area contributed by atoms with Crippen LogP contribution < -0.4 is 15.1 Å². The summed E-state index contributed by atoms with van der Waals surface area (Å²) in [6.07, 6.45) is 5.65. The molecule has 5 rings (SSSR count). The maximum absolute atomic E-state index is 13.2. The molecular formula is C23H20FN3O3. The zero-order valence-corrected chi connectivity index (χ0v) is 16.3. The summed E-state index contributed by atoms with van der Waals surface area (Å²) in [7, 11) is 0. The predicted octanol–water partition coefficient (Wildman–Crippen LogP) is 3.19. The Labute approximate surface area is 173 Å². The van der Waals surface area contributed by atoms with E-state index in [1.165, 1.54) is 28.9 Å². The lowest BCUT2D eigenvalue weighted by Gasteiger charge is -2.37. The lowest BCUT2D eigenvalue weighted by molar-refractivity contribution is -0.122. The molecule has 3 aliphatic rings. The van der Waals surface area contributed by atoms with Crippen molar-refractivity contribution in [2.45, 2.75) is 25.7 Å². The molecule has 1 saturated heterocycles. The summed E-state index contributed by atoms with van der Waals surface area (Å²) in [5.74, 6) is -1.92. The third-order valence-electron chi connectivity index (χ3n) is 5.85. The van der Waals surface area contributed by atoms with Gasteiger partial charge in [0.05, 0.1) is 5.69 Å². The van der Waals surface area contributed by atoms with Gasteiger partial charge in [0.1, 0.15) is 11.4 Å². The highest BCUT2D eigenvalue weighted by molar-refractivity contribution is 6.39. The first-order chi connectivity index (χ1) is 14.5. The van der Waals surface area contributed by atoms with Gasteiger partial charge in [0.2, 0.25) is 0 Å². The van der Waals surface area contributed by atoms with E-state index in [2.05, 4.69) is 10.2 Å². The highest BCUT2D eigenvalue weighted by atomic mass is 19.1. The topological polar surface area (TPSA) is 69.7 Å². The molecule has 0 radical (unpaired) electrons. The quantitative estimate of drug-likeness (QED) is 0.616. The molecule has 3 aliphatic heterocycles. The molecule has 0 atom stereocenters. The number of imide groups is 2. The Morgan fingerprint density at radius 3 is 2.20 bits per heavy atom. The molecule has 4 amide bonds. The molecule has 2 aromatic carbocycles. The first-order valence-corrected chi connectivity index (χ1v) is 10.1. The van der Waals surface area contributed by atoms with Crippen molar-refractivity contribution < 1.29 is 18.8 Å². The van der Waals surface area contributed by atoms with Crippen molar-refractivity contribution in [1.82, 2.24) is 5.32 Å². The van der Waals surface area contributed by atoms with Crippen molar-refractivity contribution in [3.63, 3.8) is 0 Å². The summed E-state index contributed by atoms with van der Waals surface area (Å²) in [5, 5.41) is 2.21. The zero-order chi connectivity index (χ0) is 20.8. The van der Waals surface area contributed by atoms with Gasteiger partial charge in [-0.3, -0.25) is 14.9 Å². The number of amides is 4. The molecule has 30 heavy (non-hydrogen) atoms. The molecule has 2 aromatic rings. The van der Waals surface area contributed by atoms with Crippen molar-refractivity contribution >= 4 is 35.3 Å². The standard InChI is InChI=1S/C23H20FN3O3/c24-17-5-7-18(8-6-17)27-22(29)19(21(28)25-23(27)30)13-14-11-15-3-1-9-26-10-2-4-16(12-14)20(15)26/h5-8,11-13H,1-4,9-10H2,(H,25,28,30)/b19-13+. The van der Waals surface area contributed by atoms with Crippen LogP contribution in [0.4, 0.5) is 20.6 Å². The van der Waals surface area contributed by atoms with E-state index >= 15 is 0 Å². The number of nitrogens with one attached hydrogen (secondary N) is 1. The summed E-state index contributed by atoms with van der Waals surface area (Å²) >= 11 is 0. The van der Waals surface area contributed by atoms with Gasteiger partial charge < -0.3 is 4.90 Å². The first kappa shape index (κ1) is 18.5. The lowest BCUT2D eigenvalue weighted by atomic mass is 9.89. The minimum atomic E-state index is -0.843. The predicted molar refractivity (Wildman–Crippen MR) is 111 cm³/mol. The summed E-state index contributed by atoms with van der Waals surface area (Å²) < 4.78 is 13.2. The molecule has 0 saturated carbocycles. The van der Waals surface area contributed by atoms with Crippen LogP contribution in [0.15, 0.2) is 42.0 Å². The van der Waals surface area contributed by atoms with Crippen molar-refractivity contribution in [2.75, 3.05) is 22.9 Å². The molecule has 1 fully saturated rings. The maximum Gasteiger partial charge on any atom is 0.335 e. The number of benzene rings is 2. The molecule has 0 bridgehead atoms. The Morgan fingerprint density at radius 2 is 1.57 bits per heavy atom. The number of urea groups is 1. The van der Waals surface area contributed by atoms with Gasteiger partial charge in [0.15, 0.2) is 0 Å². The van der Waals surface area contributed by atoms with E-state index in [-0.39, 0.29) is 11.3 Å². The zero-order valence-electron chi connectivity index (χ0n) is 16.3. The number of carbonyl (C=O) groups is 3. The third-order valence-corrected chi connectivity index (χ3v) is 5.85. The van der Waals surface area contributed by atoms with E-state index in [4.69, 9.17) is 0 Å². The largest absolute Gasteiger partial charge is 0.371 e. The van der Waals surface area contributed by atoms with Crippen LogP contribution in [-0.2, 0) is 22.4 Å². The molecule has 7 heteroatoms. The Balaban J connectivity index is 1.54. The number of carbonyl (C=O) groups excluding carboxylic acids is 3. The molecule has 0 aliphatic carbocycles. The molecular weight excluding hydrogens is 385 g/mol. The Kier molecular flexibility index (Phi) is 4.38. The molecule has 152 valence electrons. The van der Waals surface area contributed by atoms with Crippen molar-refractivity contribution in [2.24, 2.45) is 0 Å². The fourth-order valence-corrected chi connectivity index (χ4v) is 4.56. The van der Waals surface area contributed by atoms with E-state index in [0.717, 1.165) is 61.4 Å². The van der Waals surface area contributed by atoms with Crippen molar-refractivity contribution in [3.05, 3.63) is 64.5 Å². The van der Waals surface area contributed by atoms with Gasteiger partial charge in [-0.15, -0.1) is 0 Å². The van der Waals surface area contributed by atoms with Gasteiger partial charge in [0, 0.05) is 18.8 Å². The lowest BCUT2D eigenvalue weighted by Crippen LogP contribution is -2.54. The number of halogens is 1. The van der Waals surface area contributed by atoms with Gasteiger partial charge >= 0.3 is 6.03 Å². The van der Waals surface area contributed by atoms with E-state index in [1.54, 1.807) is 6.08 Å². The molecule has 1 N–H and O–H groups in total. The summed E-state index contributed by atoms with van der Waals surface area (Å²) in [6.45, 7) is 2.13. The minimum Gasteiger partial charge on any atom is -0.371 e. The molecule has 3 heterocycles. The van der Waals surface area contributed by atoms with Gasteiger partial charge in [-0.1, -0.05) is 0 Å². The van der Waals surface area contributed by atoms with Crippen LogP contribution in [0.3, 0.4) is 0 Å². The van der Waals surface area contributed by atoms with E-state index in [9.17, 15) is 18.8 Å². The molecule has 0 unspecified atom stereocenters. The Bertz CT molecular complexity index is 1080. The van der Waals surface area contributed by atoms with Crippen LogP contribution >= 0.6 is 0 Å². The second kappa shape index (κ2) is 7.09. The van der Waals surface area contributed by atoms with Crippen LogP contribution in [0.25, 0.3) is 6.08 Å². The average molecular weight is 405 g/mol. The van der Waals surface area contributed by atoms with Crippen LogP contribution in [0.1, 0.15) is 29.5 Å². The number of hydrogen-bond acceptors (Lipinski definition) is 4. The first-order valence-electron chi connectivity index (χ1n) is 10.1. The van der Waals surface area contributed by atoms with Crippen LogP contribution in [0.2, 0.25) is 0 Å². The Hall–Kier alpha value is -3.48. The number of anilines is 2. The van der Waals surface area contributed by atoms with Crippen LogP contribution in [0.5, 0.6) is 0 Å². The second-order valence-electron chi connectivity index (χ2n) is 7.82. The van der Waals surface area contributed by atoms with Gasteiger partial charge in [-0.25, -0.2) is 14.1 Å². The monoisotopic (exact) mass is 405 g/mol. The van der Waals surface area contributed by atoms with E-state index in [0.29, 0.717) is 0 Å². The summed E-state index contributed by atoms with van der Waals surface area (Å²) in [6, 6.07) is 8.21. The average Bonchev–Trinajstić information content (AvgIpc) is 2.73. The fraction of sp³-hybridized carbons (Fsp3) is 0.261.